The van der Waals surface area contributed by atoms with Crippen LogP contribution in [0.5, 0.6) is 0 Å². The van der Waals surface area contributed by atoms with Crippen LogP contribution < -0.4 is 0 Å². The monoisotopic (exact) mass is 385 g/mol. The third kappa shape index (κ3) is 16.5. The van der Waals surface area contributed by atoms with Crippen molar-refractivity contribution in [2.24, 2.45) is 0 Å². The minimum atomic E-state index is -4.81. The second-order valence-corrected chi connectivity index (χ2v) is 3.28. The molecule has 0 fully saturated rings. The number of hydrogen-bond donors (Lipinski definition) is 2. The summed E-state index contributed by atoms with van der Waals surface area (Å²) in [5, 5.41) is 16.1. The summed E-state index contributed by atoms with van der Waals surface area (Å²) in [6, 6.07) is 0. The van der Waals surface area contributed by atoms with E-state index in [1.807, 2.05) is 0 Å². The normalized spacial score (nSPS) is 12.2. The van der Waals surface area contributed by atoms with Crippen molar-refractivity contribution in [2.75, 3.05) is 0 Å². The molecule has 0 spiro atoms. The number of rotatable bonds is 2. The van der Waals surface area contributed by atoms with Crippen molar-refractivity contribution in [1.29, 1.82) is 0 Å². The van der Waals surface area contributed by atoms with Crippen LogP contribution in [0.15, 0.2) is 23.7 Å². The SMILES string of the molecule is CC(=O)/C=C(\O)C(F)(F)F.CC(=O)/C=C(\O)C(F)(F)F.O.[Co]. The number of hydrogen-bond acceptors (Lipinski definition) is 4. The Morgan fingerprint density at radius 1 is 0.773 bits per heavy atom. The molecule has 0 heterocycles. The van der Waals surface area contributed by atoms with E-state index in [-0.39, 0.29) is 34.4 Å². The molecule has 0 aromatic rings. The zero-order chi connectivity index (χ0) is 16.7. The van der Waals surface area contributed by atoms with Crippen LogP contribution in [0.1, 0.15) is 13.8 Å². The van der Waals surface area contributed by atoms with E-state index in [0.717, 1.165) is 13.8 Å². The van der Waals surface area contributed by atoms with Crippen LogP contribution in [0.3, 0.4) is 0 Å². The molecular weight excluding hydrogens is 373 g/mol. The number of aliphatic hydroxyl groups excluding tert-OH is 2. The molecule has 0 rings (SSSR count). The molecule has 0 aromatic heterocycles. The van der Waals surface area contributed by atoms with Crippen LogP contribution in [0, 0.1) is 0 Å². The summed E-state index contributed by atoms with van der Waals surface area (Å²) >= 11 is 0. The fourth-order valence-electron chi connectivity index (χ4n) is 0.549. The van der Waals surface area contributed by atoms with Gasteiger partial charge in [-0.05, 0) is 13.8 Å². The molecule has 0 atom stereocenters. The van der Waals surface area contributed by atoms with Crippen LogP contribution in [-0.4, -0.2) is 39.6 Å². The number of ketones is 2. The molecular formula is C10H12CoF6O5. The summed E-state index contributed by atoms with van der Waals surface area (Å²) in [4.78, 5) is 19.9. The zero-order valence-electron chi connectivity index (χ0n) is 11.0. The average Bonchev–Trinajstić information content (AvgIpc) is 2.13. The Hall–Kier alpha value is -1.53. The number of halogens is 6. The summed E-state index contributed by atoms with van der Waals surface area (Å²) in [5.41, 5.74) is 0. The Morgan fingerprint density at radius 3 is 1.00 bits per heavy atom. The van der Waals surface area contributed by atoms with Gasteiger partial charge < -0.3 is 15.7 Å². The molecule has 0 unspecified atom stereocenters. The van der Waals surface area contributed by atoms with Crippen molar-refractivity contribution in [3.63, 3.8) is 0 Å². The molecule has 4 N–H and O–H groups in total. The molecule has 0 aliphatic carbocycles. The molecule has 12 heteroatoms. The summed E-state index contributed by atoms with van der Waals surface area (Å²) in [7, 11) is 0. The first kappa shape index (κ1) is 28.6. The Kier molecular flexibility index (Phi) is 14.4. The Bertz CT molecular complexity index is 385. The molecule has 0 aliphatic rings. The summed E-state index contributed by atoms with van der Waals surface area (Å²) in [6.45, 7) is 1.84. The molecule has 133 valence electrons. The first-order valence-corrected chi connectivity index (χ1v) is 4.64. The maximum absolute atomic E-state index is 11.3. The minimum Gasteiger partial charge on any atom is -0.504 e. The zero-order valence-corrected chi connectivity index (χ0v) is 12.0. The van der Waals surface area contributed by atoms with Crippen LogP contribution in [0.25, 0.3) is 0 Å². The van der Waals surface area contributed by atoms with Gasteiger partial charge >= 0.3 is 12.4 Å². The van der Waals surface area contributed by atoms with Gasteiger partial charge in [0.2, 0.25) is 11.5 Å². The van der Waals surface area contributed by atoms with Crippen molar-refractivity contribution in [2.45, 2.75) is 26.2 Å². The second kappa shape index (κ2) is 11.1. The molecule has 0 saturated carbocycles. The third-order valence-corrected chi connectivity index (χ3v) is 1.26. The van der Waals surface area contributed by atoms with Crippen LogP contribution in [-0.2, 0) is 26.4 Å². The molecule has 0 aliphatic heterocycles. The van der Waals surface area contributed by atoms with E-state index in [9.17, 15) is 35.9 Å². The van der Waals surface area contributed by atoms with Crippen molar-refractivity contribution in [3.05, 3.63) is 23.7 Å². The van der Waals surface area contributed by atoms with E-state index >= 15 is 0 Å². The van der Waals surface area contributed by atoms with Crippen molar-refractivity contribution in [1.82, 2.24) is 0 Å². The number of alkyl halides is 6. The average molecular weight is 385 g/mol. The summed E-state index contributed by atoms with van der Waals surface area (Å²) in [6.07, 6.45) is -9.38. The molecule has 0 bridgehead atoms. The Labute approximate surface area is 130 Å². The first-order valence-electron chi connectivity index (χ1n) is 4.64. The maximum Gasteiger partial charge on any atom is 0.448 e. The third-order valence-electron chi connectivity index (χ3n) is 1.26. The molecule has 0 saturated heterocycles. The molecule has 0 amide bonds. The molecule has 1 radical (unpaired) electrons. The van der Waals surface area contributed by atoms with E-state index in [0.29, 0.717) is 0 Å². The molecule has 0 aromatic carbocycles. The van der Waals surface area contributed by atoms with Gasteiger partial charge in [-0.25, -0.2) is 0 Å². The Morgan fingerprint density at radius 2 is 0.955 bits per heavy atom. The topological polar surface area (TPSA) is 106 Å². The van der Waals surface area contributed by atoms with Crippen LogP contribution in [0.4, 0.5) is 26.3 Å². The standard InChI is InChI=1S/2C5H5F3O2.Co.H2O/c2*1-3(9)2-4(10)5(6,7)8;;/h2*2,10H,1H3;;1H2/b2*4-2-;;. The number of allylic oxidation sites excluding steroid dienone is 4. The van der Waals surface area contributed by atoms with Crippen molar-refractivity contribution in [3.8, 4) is 0 Å². The quantitative estimate of drug-likeness (QED) is 0.432. The summed E-state index contributed by atoms with van der Waals surface area (Å²) < 4.78 is 68.0. The number of aliphatic hydroxyl groups is 2. The predicted octanol–water partition coefficient (Wildman–Crippen LogP) is 2.33. The smallest absolute Gasteiger partial charge is 0.448 e. The van der Waals surface area contributed by atoms with E-state index < -0.39 is 35.4 Å². The first-order chi connectivity index (χ1) is 8.67. The van der Waals surface area contributed by atoms with E-state index in [2.05, 4.69) is 0 Å². The van der Waals surface area contributed by atoms with Gasteiger partial charge in [0.1, 0.15) is 0 Å². The van der Waals surface area contributed by atoms with Gasteiger partial charge in [-0.3, -0.25) is 9.59 Å². The van der Waals surface area contributed by atoms with Crippen LogP contribution in [0.2, 0.25) is 0 Å². The summed E-state index contributed by atoms with van der Waals surface area (Å²) in [5.74, 6) is -5.40. The van der Waals surface area contributed by atoms with Crippen molar-refractivity contribution >= 4 is 11.6 Å². The predicted molar refractivity (Wildman–Crippen MR) is 58.5 cm³/mol. The fourth-order valence-corrected chi connectivity index (χ4v) is 0.549. The van der Waals surface area contributed by atoms with Gasteiger partial charge in [0, 0.05) is 28.9 Å². The van der Waals surface area contributed by atoms with Crippen LogP contribution >= 0.6 is 0 Å². The van der Waals surface area contributed by atoms with Gasteiger partial charge in [0.15, 0.2) is 11.6 Å². The molecule has 22 heavy (non-hydrogen) atoms. The van der Waals surface area contributed by atoms with Gasteiger partial charge in [0.25, 0.3) is 0 Å². The van der Waals surface area contributed by atoms with E-state index in [4.69, 9.17) is 10.2 Å². The Balaban J connectivity index is -0.000000135. The fraction of sp³-hybridized carbons (Fsp3) is 0.400. The van der Waals surface area contributed by atoms with Gasteiger partial charge in [-0.2, -0.15) is 26.3 Å². The van der Waals surface area contributed by atoms with Gasteiger partial charge in [-0.1, -0.05) is 0 Å². The van der Waals surface area contributed by atoms with E-state index in [1.54, 1.807) is 0 Å². The van der Waals surface area contributed by atoms with Gasteiger partial charge in [-0.15, -0.1) is 0 Å². The number of carbonyl (C=O) groups is 2. The largest absolute Gasteiger partial charge is 0.504 e. The van der Waals surface area contributed by atoms with Crippen molar-refractivity contribution < 1.29 is 68.4 Å². The number of carbonyl (C=O) groups excluding carboxylic acids is 2. The minimum absolute atomic E-state index is 0. The van der Waals surface area contributed by atoms with Gasteiger partial charge in [0.05, 0.1) is 0 Å². The second-order valence-electron chi connectivity index (χ2n) is 3.28. The van der Waals surface area contributed by atoms with E-state index in [1.165, 1.54) is 0 Å². The molecule has 5 nitrogen and oxygen atoms in total. The maximum atomic E-state index is 11.3.